The molecule has 2 fully saturated rings. The monoisotopic (exact) mass is 546 g/mol. The number of ether oxygens (including phenoxy) is 5. The van der Waals surface area contributed by atoms with Crippen molar-refractivity contribution in [2.75, 3.05) is 13.7 Å². The van der Waals surface area contributed by atoms with Gasteiger partial charge in [0.15, 0.2) is 12.1 Å². The van der Waals surface area contributed by atoms with Crippen molar-refractivity contribution < 1.29 is 52.8 Å². The minimum absolute atomic E-state index is 0.0762. The molecule has 0 spiro atoms. The van der Waals surface area contributed by atoms with E-state index in [9.17, 15) is 29.1 Å². The third-order valence-corrected chi connectivity index (χ3v) is 6.06. The van der Waals surface area contributed by atoms with E-state index in [0.717, 1.165) is 0 Å². The molecule has 38 heavy (non-hydrogen) atoms. The lowest BCUT2D eigenvalue weighted by molar-refractivity contribution is -0.369. The molecule has 0 aromatic rings. The van der Waals surface area contributed by atoms with Gasteiger partial charge in [0.25, 0.3) is 0 Å². The highest BCUT2D eigenvalue weighted by molar-refractivity contribution is 5.92. The fourth-order valence-corrected chi connectivity index (χ4v) is 4.03. The average molecular weight is 547 g/mol. The Bertz CT molecular complexity index is 899. The standard InChI is InChI=1S/C23H38N4O11/c1-10(20(31)27-13(19(24)30)7-8-15(29)34-6)25-21(32)11(2)36-18-16(26-12(3)28)22(33)37-14-9-35-23(4,5)38-17(14)18/h10-11,13-14,16-18,22,33H,7-9H2,1-6H3,(H2,24,30)(H,25,32)(H,26,28)(H,27,31)/t10-,11+,13+,14+,16+,17+,18+,22-/m0/s1. The molecule has 4 amide bonds. The Hall–Kier alpha value is -2.85. The van der Waals surface area contributed by atoms with Crippen molar-refractivity contribution in [3.8, 4) is 0 Å². The summed E-state index contributed by atoms with van der Waals surface area (Å²) >= 11 is 0. The van der Waals surface area contributed by atoms with E-state index in [1.807, 2.05) is 0 Å². The van der Waals surface area contributed by atoms with Gasteiger partial charge < -0.3 is 50.5 Å². The van der Waals surface area contributed by atoms with Gasteiger partial charge in [-0.1, -0.05) is 0 Å². The zero-order chi connectivity index (χ0) is 28.8. The summed E-state index contributed by atoms with van der Waals surface area (Å²) in [5.74, 6) is -4.32. The number of aliphatic hydroxyl groups excluding tert-OH is 1. The van der Waals surface area contributed by atoms with Crippen LogP contribution in [0.15, 0.2) is 0 Å². The smallest absolute Gasteiger partial charge is 0.305 e. The first kappa shape index (κ1) is 31.4. The van der Waals surface area contributed by atoms with Gasteiger partial charge in [-0.3, -0.25) is 24.0 Å². The van der Waals surface area contributed by atoms with E-state index in [0.29, 0.717) is 0 Å². The number of aliphatic hydroxyl groups is 1. The summed E-state index contributed by atoms with van der Waals surface area (Å²) < 4.78 is 27.6. The van der Waals surface area contributed by atoms with Gasteiger partial charge in [0.2, 0.25) is 23.6 Å². The van der Waals surface area contributed by atoms with Crippen molar-refractivity contribution in [2.45, 2.75) is 102 Å². The number of amides is 4. The molecule has 2 rings (SSSR count). The van der Waals surface area contributed by atoms with Gasteiger partial charge in [0, 0.05) is 13.3 Å². The minimum atomic E-state index is -1.46. The molecular weight excluding hydrogens is 508 g/mol. The Kier molecular flexibility index (Phi) is 11.0. The second kappa shape index (κ2) is 13.3. The van der Waals surface area contributed by atoms with Crippen LogP contribution >= 0.6 is 0 Å². The lowest BCUT2D eigenvalue weighted by atomic mass is 9.95. The SMILES string of the molecule is COC(=O)CC[C@@H](NC(=O)[C@H](C)NC(=O)[C@@H](C)O[C@@H]1[C@@H](NC(C)=O)[C@@H](O)O[C@@H]2COC(C)(C)O[C@@H]12)C(N)=O. The fraction of sp³-hybridized carbons (Fsp3) is 0.783. The summed E-state index contributed by atoms with van der Waals surface area (Å²) in [5.41, 5.74) is 5.30. The molecule has 0 unspecified atom stereocenters. The maximum Gasteiger partial charge on any atom is 0.305 e. The summed E-state index contributed by atoms with van der Waals surface area (Å²) in [5, 5.41) is 17.9. The molecule has 2 saturated heterocycles. The Morgan fingerprint density at radius 2 is 1.79 bits per heavy atom. The molecule has 2 heterocycles. The van der Waals surface area contributed by atoms with Gasteiger partial charge in [-0.05, 0) is 34.1 Å². The Labute approximate surface area is 220 Å². The summed E-state index contributed by atoms with van der Waals surface area (Å²) in [6, 6.07) is -3.32. The second-order valence-corrected chi connectivity index (χ2v) is 9.64. The van der Waals surface area contributed by atoms with Crippen LogP contribution in [0.2, 0.25) is 0 Å². The van der Waals surface area contributed by atoms with E-state index in [2.05, 4.69) is 20.7 Å². The quantitative estimate of drug-likeness (QED) is 0.172. The number of nitrogens with one attached hydrogen (secondary N) is 3. The molecule has 15 heteroatoms. The van der Waals surface area contributed by atoms with Crippen LogP contribution in [0.4, 0.5) is 0 Å². The zero-order valence-electron chi connectivity index (χ0n) is 22.3. The maximum absolute atomic E-state index is 12.9. The summed E-state index contributed by atoms with van der Waals surface area (Å²) in [6.07, 6.45) is -5.41. The summed E-state index contributed by atoms with van der Waals surface area (Å²) in [6.45, 7) is 7.51. The largest absolute Gasteiger partial charge is 0.469 e. The van der Waals surface area contributed by atoms with Gasteiger partial charge in [-0.25, -0.2) is 0 Å². The lowest BCUT2D eigenvalue weighted by Gasteiger charge is -2.50. The van der Waals surface area contributed by atoms with E-state index in [-0.39, 0.29) is 19.4 Å². The number of methoxy groups -OCH3 is 1. The van der Waals surface area contributed by atoms with Crippen molar-refractivity contribution in [3.63, 3.8) is 0 Å². The van der Waals surface area contributed by atoms with Crippen molar-refractivity contribution >= 4 is 29.6 Å². The molecule has 0 aromatic heterocycles. The van der Waals surface area contributed by atoms with E-state index in [1.165, 1.54) is 27.9 Å². The van der Waals surface area contributed by atoms with E-state index in [1.54, 1.807) is 13.8 Å². The molecule has 0 radical (unpaired) electrons. The number of nitrogens with two attached hydrogens (primary N) is 1. The second-order valence-electron chi connectivity index (χ2n) is 9.64. The predicted molar refractivity (Wildman–Crippen MR) is 128 cm³/mol. The molecular formula is C23H38N4O11. The number of rotatable bonds is 11. The Balaban J connectivity index is 2.07. The predicted octanol–water partition coefficient (Wildman–Crippen LogP) is -2.44. The third-order valence-electron chi connectivity index (χ3n) is 6.06. The molecule has 0 aliphatic carbocycles. The summed E-state index contributed by atoms with van der Waals surface area (Å²) in [4.78, 5) is 60.3. The van der Waals surface area contributed by atoms with Crippen LogP contribution in [0.25, 0.3) is 0 Å². The van der Waals surface area contributed by atoms with Crippen LogP contribution in [0.1, 0.15) is 47.5 Å². The number of hydrogen-bond acceptors (Lipinski definition) is 11. The Morgan fingerprint density at radius 1 is 1.13 bits per heavy atom. The topological polar surface area (TPSA) is 214 Å². The Morgan fingerprint density at radius 3 is 2.37 bits per heavy atom. The van der Waals surface area contributed by atoms with Gasteiger partial charge in [0.1, 0.15) is 42.5 Å². The van der Waals surface area contributed by atoms with E-state index >= 15 is 0 Å². The van der Waals surface area contributed by atoms with E-state index in [4.69, 9.17) is 24.7 Å². The van der Waals surface area contributed by atoms with Crippen LogP contribution in [0.5, 0.6) is 0 Å². The van der Waals surface area contributed by atoms with Crippen molar-refractivity contribution in [2.24, 2.45) is 5.73 Å². The number of carbonyl (C=O) groups is 5. The molecule has 0 saturated carbocycles. The van der Waals surface area contributed by atoms with Crippen molar-refractivity contribution in [1.82, 2.24) is 16.0 Å². The zero-order valence-corrected chi connectivity index (χ0v) is 22.3. The van der Waals surface area contributed by atoms with Crippen LogP contribution in [0.3, 0.4) is 0 Å². The van der Waals surface area contributed by atoms with Gasteiger partial charge in [-0.2, -0.15) is 0 Å². The number of esters is 1. The normalized spacial score (nSPS) is 28.6. The number of fused-ring (bicyclic) bond motifs is 1. The molecule has 216 valence electrons. The molecule has 8 atom stereocenters. The third kappa shape index (κ3) is 8.59. The number of hydrogen-bond donors (Lipinski definition) is 5. The molecule has 0 aromatic carbocycles. The first-order valence-corrected chi connectivity index (χ1v) is 12.2. The maximum atomic E-state index is 12.9. The highest BCUT2D eigenvalue weighted by Crippen LogP contribution is 2.33. The molecule has 2 aliphatic rings. The molecule has 15 nitrogen and oxygen atoms in total. The highest BCUT2D eigenvalue weighted by Gasteiger charge is 2.52. The van der Waals surface area contributed by atoms with Crippen LogP contribution in [0, 0.1) is 0 Å². The molecule has 2 aliphatic heterocycles. The van der Waals surface area contributed by atoms with E-state index < -0.39 is 84.2 Å². The first-order valence-electron chi connectivity index (χ1n) is 12.2. The average Bonchev–Trinajstić information content (AvgIpc) is 2.82. The van der Waals surface area contributed by atoms with Crippen molar-refractivity contribution in [3.05, 3.63) is 0 Å². The van der Waals surface area contributed by atoms with Crippen LogP contribution in [-0.2, 0) is 47.7 Å². The molecule has 0 bridgehead atoms. The minimum Gasteiger partial charge on any atom is -0.469 e. The van der Waals surface area contributed by atoms with Gasteiger partial charge >= 0.3 is 5.97 Å². The lowest BCUT2D eigenvalue weighted by Crippen LogP contribution is -2.69. The fourth-order valence-electron chi connectivity index (χ4n) is 4.03. The highest BCUT2D eigenvalue weighted by atomic mass is 16.7. The first-order chi connectivity index (χ1) is 17.6. The summed E-state index contributed by atoms with van der Waals surface area (Å²) in [7, 11) is 1.19. The van der Waals surface area contributed by atoms with Crippen molar-refractivity contribution in [1.29, 1.82) is 0 Å². The van der Waals surface area contributed by atoms with Crippen LogP contribution in [-0.4, -0.2) is 103 Å². The number of primary amides is 1. The van der Waals surface area contributed by atoms with Gasteiger partial charge in [0.05, 0.1) is 13.7 Å². The molecule has 6 N–H and O–H groups in total. The van der Waals surface area contributed by atoms with Crippen LogP contribution < -0.4 is 21.7 Å². The van der Waals surface area contributed by atoms with Gasteiger partial charge in [-0.15, -0.1) is 0 Å². The number of carbonyl (C=O) groups excluding carboxylic acids is 5.